The lowest BCUT2D eigenvalue weighted by molar-refractivity contribution is 0.450. The van der Waals surface area contributed by atoms with E-state index < -0.39 is 0 Å². The lowest BCUT2D eigenvalue weighted by atomic mass is 10.3. The predicted octanol–water partition coefficient (Wildman–Crippen LogP) is 3.02. The fourth-order valence-corrected chi connectivity index (χ4v) is 2.09. The summed E-state index contributed by atoms with van der Waals surface area (Å²) in [6.45, 7) is 4.92. The van der Waals surface area contributed by atoms with Crippen molar-refractivity contribution in [3.63, 3.8) is 0 Å². The number of pyridine rings is 2. The van der Waals surface area contributed by atoms with Crippen molar-refractivity contribution in [1.82, 2.24) is 19.7 Å². The van der Waals surface area contributed by atoms with E-state index in [1.165, 1.54) is 0 Å². The van der Waals surface area contributed by atoms with Gasteiger partial charge in [0.15, 0.2) is 0 Å². The Morgan fingerprint density at radius 1 is 1.24 bits per heavy atom. The molecular formula is C16H18N4O. The fourth-order valence-electron chi connectivity index (χ4n) is 2.09. The molecule has 0 bridgehead atoms. The van der Waals surface area contributed by atoms with Gasteiger partial charge in [0.2, 0.25) is 5.88 Å². The standard InChI is InChI=1S/C16H18N4O/c1-12(2)18-11-14-16(21-13-6-5-8-17-10-13)19-15-7-3-4-9-20(14)15/h3-10,12,18H,11H2,1-2H3. The lowest BCUT2D eigenvalue weighted by Gasteiger charge is -2.10. The van der Waals surface area contributed by atoms with Crippen LogP contribution in [-0.4, -0.2) is 20.4 Å². The van der Waals surface area contributed by atoms with Crippen LogP contribution in [0.1, 0.15) is 19.5 Å². The summed E-state index contributed by atoms with van der Waals surface area (Å²) in [6, 6.07) is 10.0. The number of rotatable bonds is 5. The number of nitrogens with one attached hydrogen (secondary N) is 1. The van der Waals surface area contributed by atoms with E-state index in [-0.39, 0.29) is 0 Å². The highest BCUT2D eigenvalue weighted by atomic mass is 16.5. The van der Waals surface area contributed by atoms with E-state index >= 15 is 0 Å². The number of hydrogen-bond acceptors (Lipinski definition) is 4. The number of imidazole rings is 1. The minimum Gasteiger partial charge on any atom is -0.436 e. The molecule has 0 saturated heterocycles. The monoisotopic (exact) mass is 282 g/mol. The topological polar surface area (TPSA) is 51.5 Å². The first-order valence-corrected chi connectivity index (χ1v) is 7.01. The van der Waals surface area contributed by atoms with Gasteiger partial charge < -0.3 is 10.1 Å². The summed E-state index contributed by atoms with van der Waals surface area (Å²) in [5.41, 5.74) is 1.88. The van der Waals surface area contributed by atoms with Gasteiger partial charge in [-0.1, -0.05) is 19.9 Å². The van der Waals surface area contributed by atoms with E-state index in [0.717, 1.165) is 11.3 Å². The van der Waals surface area contributed by atoms with Gasteiger partial charge >= 0.3 is 0 Å². The average molecular weight is 282 g/mol. The Hall–Kier alpha value is -2.40. The molecule has 3 heterocycles. The van der Waals surface area contributed by atoms with E-state index in [1.54, 1.807) is 12.4 Å². The molecule has 0 aliphatic rings. The maximum Gasteiger partial charge on any atom is 0.242 e. The van der Waals surface area contributed by atoms with Crippen molar-refractivity contribution in [2.24, 2.45) is 0 Å². The van der Waals surface area contributed by atoms with Crippen molar-refractivity contribution >= 4 is 5.65 Å². The summed E-state index contributed by atoms with van der Waals surface area (Å²) in [5.74, 6) is 1.30. The summed E-state index contributed by atoms with van der Waals surface area (Å²) >= 11 is 0. The molecule has 0 spiro atoms. The molecule has 1 N–H and O–H groups in total. The first-order valence-electron chi connectivity index (χ1n) is 7.01. The summed E-state index contributed by atoms with van der Waals surface area (Å²) in [6.07, 6.45) is 5.40. The SMILES string of the molecule is CC(C)NCc1c(Oc2cccnc2)nc2ccccn12. The first kappa shape index (κ1) is 13.6. The second-order valence-corrected chi connectivity index (χ2v) is 5.12. The minimum atomic E-state index is 0.394. The summed E-state index contributed by atoms with van der Waals surface area (Å²) in [7, 11) is 0. The van der Waals surface area contributed by atoms with Crippen molar-refractivity contribution in [2.45, 2.75) is 26.4 Å². The van der Waals surface area contributed by atoms with Gasteiger partial charge in [-0.3, -0.25) is 9.38 Å². The van der Waals surface area contributed by atoms with Crippen molar-refractivity contribution in [2.75, 3.05) is 0 Å². The number of nitrogens with zero attached hydrogens (tertiary/aromatic N) is 3. The molecule has 3 aromatic rings. The van der Waals surface area contributed by atoms with E-state index in [4.69, 9.17) is 4.74 Å². The Morgan fingerprint density at radius 3 is 2.90 bits per heavy atom. The molecule has 0 aliphatic carbocycles. The molecule has 5 nitrogen and oxygen atoms in total. The lowest BCUT2D eigenvalue weighted by Crippen LogP contribution is -2.22. The van der Waals surface area contributed by atoms with Gasteiger partial charge in [-0.25, -0.2) is 0 Å². The number of hydrogen-bond donors (Lipinski definition) is 1. The van der Waals surface area contributed by atoms with Crippen molar-refractivity contribution in [3.05, 3.63) is 54.6 Å². The fraction of sp³-hybridized carbons (Fsp3) is 0.250. The Morgan fingerprint density at radius 2 is 2.14 bits per heavy atom. The molecule has 0 saturated carbocycles. The van der Waals surface area contributed by atoms with Crippen LogP contribution in [0.15, 0.2) is 48.9 Å². The van der Waals surface area contributed by atoms with Gasteiger partial charge in [0, 0.05) is 25.0 Å². The van der Waals surface area contributed by atoms with Crippen LogP contribution in [0.5, 0.6) is 11.6 Å². The van der Waals surface area contributed by atoms with Gasteiger partial charge in [-0.05, 0) is 24.3 Å². The molecule has 0 amide bonds. The van der Waals surface area contributed by atoms with Crippen LogP contribution in [0.4, 0.5) is 0 Å². The van der Waals surface area contributed by atoms with E-state index in [9.17, 15) is 0 Å². The van der Waals surface area contributed by atoms with Gasteiger partial charge in [0.05, 0.1) is 6.20 Å². The zero-order valence-corrected chi connectivity index (χ0v) is 12.2. The van der Waals surface area contributed by atoms with Crippen molar-refractivity contribution in [1.29, 1.82) is 0 Å². The highest BCUT2D eigenvalue weighted by molar-refractivity contribution is 5.46. The first-order chi connectivity index (χ1) is 10.2. The molecule has 5 heteroatoms. The third-order valence-corrected chi connectivity index (χ3v) is 3.12. The zero-order valence-electron chi connectivity index (χ0n) is 12.2. The number of aromatic nitrogens is 3. The molecule has 0 fully saturated rings. The molecular weight excluding hydrogens is 264 g/mol. The predicted molar refractivity (Wildman–Crippen MR) is 81.5 cm³/mol. The molecule has 21 heavy (non-hydrogen) atoms. The molecule has 0 atom stereocenters. The van der Waals surface area contributed by atoms with Crippen LogP contribution < -0.4 is 10.1 Å². The Kier molecular flexibility index (Phi) is 3.83. The molecule has 3 aromatic heterocycles. The third-order valence-electron chi connectivity index (χ3n) is 3.12. The van der Waals surface area contributed by atoms with E-state index in [0.29, 0.717) is 24.2 Å². The van der Waals surface area contributed by atoms with Crippen LogP contribution >= 0.6 is 0 Å². The van der Waals surface area contributed by atoms with Crippen LogP contribution in [-0.2, 0) is 6.54 Å². The molecule has 0 aliphatic heterocycles. The van der Waals surface area contributed by atoms with Crippen LogP contribution in [0.3, 0.4) is 0 Å². The van der Waals surface area contributed by atoms with Crippen LogP contribution in [0.25, 0.3) is 5.65 Å². The summed E-state index contributed by atoms with van der Waals surface area (Å²) in [5, 5.41) is 3.41. The quantitative estimate of drug-likeness (QED) is 0.781. The smallest absolute Gasteiger partial charge is 0.242 e. The van der Waals surface area contributed by atoms with Gasteiger partial charge in [-0.15, -0.1) is 0 Å². The minimum absolute atomic E-state index is 0.394. The highest BCUT2D eigenvalue weighted by Crippen LogP contribution is 2.25. The van der Waals surface area contributed by atoms with Gasteiger partial charge in [-0.2, -0.15) is 4.98 Å². The van der Waals surface area contributed by atoms with E-state index in [1.807, 2.05) is 40.9 Å². The summed E-state index contributed by atoms with van der Waals surface area (Å²) < 4.78 is 7.94. The van der Waals surface area contributed by atoms with E-state index in [2.05, 4.69) is 29.1 Å². The summed E-state index contributed by atoms with van der Waals surface area (Å²) in [4.78, 5) is 8.62. The Labute approximate surface area is 123 Å². The maximum atomic E-state index is 5.89. The molecule has 0 aromatic carbocycles. The van der Waals surface area contributed by atoms with Crippen LogP contribution in [0.2, 0.25) is 0 Å². The van der Waals surface area contributed by atoms with Crippen LogP contribution in [0, 0.1) is 0 Å². The van der Waals surface area contributed by atoms with Gasteiger partial charge in [0.25, 0.3) is 0 Å². The van der Waals surface area contributed by atoms with Crippen molar-refractivity contribution in [3.8, 4) is 11.6 Å². The van der Waals surface area contributed by atoms with Gasteiger partial charge in [0.1, 0.15) is 17.1 Å². The normalized spacial score (nSPS) is 11.2. The highest BCUT2D eigenvalue weighted by Gasteiger charge is 2.14. The molecule has 108 valence electrons. The Balaban J connectivity index is 1.97. The number of fused-ring (bicyclic) bond motifs is 1. The second-order valence-electron chi connectivity index (χ2n) is 5.12. The molecule has 0 unspecified atom stereocenters. The largest absolute Gasteiger partial charge is 0.436 e. The zero-order chi connectivity index (χ0) is 14.7. The third kappa shape index (κ3) is 3.03. The maximum absolute atomic E-state index is 5.89. The Bertz CT molecular complexity index is 721. The average Bonchev–Trinajstić information content (AvgIpc) is 2.83. The number of ether oxygens (including phenoxy) is 1. The second kappa shape index (κ2) is 5.93. The van der Waals surface area contributed by atoms with Crippen molar-refractivity contribution < 1.29 is 4.74 Å². The molecule has 0 radical (unpaired) electrons. The molecule has 3 rings (SSSR count).